The predicted octanol–water partition coefficient (Wildman–Crippen LogP) is 0.932. The summed E-state index contributed by atoms with van der Waals surface area (Å²) in [6, 6.07) is 6.31. The molecule has 0 aromatic heterocycles. The molecule has 0 saturated carbocycles. The molecule has 0 spiro atoms. The lowest BCUT2D eigenvalue weighted by atomic mass is 9.77. The zero-order chi connectivity index (χ0) is 24.8. The highest BCUT2D eigenvalue weighted by Gasteiger charge is 2.50. The molecule has 1 heterocycles. The van der Waals surface area contributed by atoms with Crippen LogP contribution in [0.25, 0.3) is 0 Å². The lowest BCUT2D eigenvalue weighted by Crippen LogP contribution is -2.57. The van der Waals surface area contributed by atoms with Crippen LogP contribution in [0.4, 0.5) is 0 Å². The van der Waals surface area contributed by atoms with E-state index in [1.54, 1.807) is 25.1 Å². The molecular formula is C25H34N2O7. The van der Waals surface area contributed by atoms with Crippen molar-refractivity contribution < 1.29 is 34.1 Å². The second kappa shape index (κ2) is 11.6. The molecule has 0 bridgehead atoms. The zero-order valence-corrected chi connectivity index (χ0v) is 19.9. The number of carbonyl (C=O) groups is 3. The Kier molecular flexibility index (Phi) is 8.82. The van der Waals surface area contributed by atoms with Crippen LogP contribution in [0.3, 0.4) is 0 Å². The molecule has 4 atom stereocenters. The fourth-order valence-electron chi connectivity index (χ4n) is 4.44. The first kappa shape index (κ1) is 25.9. The third kappa shape index (κ3) is 5.48. The van der Waals surface area contributed by atoms with Crippen molar-refractivity contribution in [3.63, 3.8) is 0 Å². The summed E-state index contributed by atoms with van der Waals surface area (Å²) in [5.41, 5.74) is 1.10. The molecule has 3 rings (SSSR count). The maximum Gasteiger partial charge on any atom is 0.290 e. The maximum absolute atomic E-state index is 13.1. The summed E-state index contributed by atoms with van der Waals surface area (Å²) in [4.78, 5) is 39.8. The van der Waals surface area contributed by atoms with Crippen LogP contribution in [0, 0.1) is 0 Å². The number of Topliss-reactive ketones (excluding diaryl/α,β-unsaturated/α-hetero) is 1. The van der Waals surface area contributed by atoms with Gasteiger partial charge < -0.3 is 29.9 Å². The van der Waals surface area contributed by atoms with Gasteiger partial charge in [0, 0.05) is 37.3 Å². The van der Waals surface area contributed by atoms with Crippen LogP contribution in [-0.2, 0) is 19.1 Å². The second-order valence-corrected chi connectivity index (χ2v) is 8.73. The molecule has 186 valence electrons. The number of rotatable bonds is 11. The minimum atomic E-state index is -1.16. The number of aliphatic hydroxyl groups is 2. The summed E-state index contributed by atoms with van der Waals surface area (Å²) in [5.74, 6) is -1.68. The first-order valence-electron chi connectivity index (χ1n) is 11.8. The van der Waals surface area contributed by atoms with E-state index < -0.39 is 41.8 Å². The van der Waals surface area contributed by atoms with Crippen LogP contribution in [0.2, 0.25) is 0 Å². The molecule has 1 aromatic carbocycles. The van der Waals surface area contributed by atoms with Crippen molar-refractivity contribution in [2.45, 2.75) is 63.9 Å². The number of amides is 2. The summed E-state index contributed by atoms with van der Waals surface area (Å²) in [6.45, 7) is 5.81. The highest BCUT2D eigenvalue weighted by molar-refractivity contribution is 6.36. The van der Waals surface area contributed by atoms with Crippen LogP contribution < -0.4 is 10.1 Å². The number of carbonyl (C=O) groups excluding carboxylic acids is 3. The number of nitrogens with zero attached hydrogens (tertiary/aromatic N) is 1. The van der Waals surface area contributed by atoms with Gasteiger partial charge in [-0.15, -0.1) is 0 Å². The van der Waals surface area contributed by atoms with Crippen molar-refractivity contribution in [1.82, 2.24) is 10.2 Å². The number of para-hydroxylation sites is 1. The van der Waals surface area contributed by atoms with Crippen LogP contribution in [0.1, 0.15) is 45.1 Å². The molecule has 1 aliphatic heterocycles. The van der Waals surface area contributed by atoms with Crippen molar-refractivity contribution >= 4 is 17.6 Å². The van der Waals surface area contributed by atoms with Gasteiger partial charge in [-0.05, 0) is 32.4 Å². The van der Waals surface area contributed by atoms with E-state index in [1.165, 1.54) is 4.90 Å². The fraction of sp³-hybridized carbons (Fsp3) is 0.560. The van der Waals surface area contributed by atoms with Crippen LogP contribution in [-0.4, -0.2) is 83.4 Å². The van der Waals surface area contributed by atoms with E-state index in [0.717, 1.165) is 5.56 Å². The SMILES string of the molecule is CCC(=O)C(=O)N(CCCOC(C)C)[C@@H]1C=C(C(=O)NCCO)[C@@H]2c3ccccc3O[C@@H]2[C@H]1O. The second-order valence-electron chi connectivity index (χ2n) is 8.73. The molecule has 9 nitrogen and oxygen atoms in total. The average Bonchev–Trinajstić information content (AvgIpc) is 3.22. The predicted molar refractivity (Wildman–Crippen MR) is 124 cm³/mol. The number of hydrogen-bond donors (Lipinski definition) is 3. The number of nitrogens with one attached hydrogen (secondary N) is 1. The number of benzene rings is 1. The Morgan fingerprint density at radius 3 is 2.65 bits per heavy atom. The van der Waals surface area contributed by atoms with Gasteiger partial charge in [0.25, 0.3) is 5.91 Å². The normalized spacial score (nSPS) is 22.9. The zero-order valence-electron chi connectivity index (χ0n) is 19.9. The van der Waals surface area contributed by atoms with Crippen molar-refractivity contribution in [2.75, 3.05) is 26.3 Å². The smallest absolute Gasteiger partial charge is 0.290 e. The van der Waals surface area contributed by atoms with E-state index in [-0.39, 0.29) is 32.2 Å². The Labute approximate surface area is 199 Å². The molecule has 34 heavy (non-hydrogen) atoms. The van der Waals surface area contributed by atoms with E-state index in [9.17, 15) is 19.5 Å². The highest BCUT2D eigenvalue weighted by Crippen LogP contribution is 2.47. The number of aliphatic hydroxyl groups excluding tert-OH is 2. The van der Waals surface area contributed by atoms with Gasteiger partial charge in [-0.2, -0.15) is 0 Å². The van der Waals surface area contributed by atoms with E-state index in [0.29, 0.717) is 24.4 Å². The van der Waals surface area contributed by atoms with E-state index in [2.05, 4.69) is 5.32 Å². The molecule has 1 aromatic rings. The third-order valence-electron chi connectivity index (χ3n) is 6.05. The van der Waals surface area contributed by atoms with Crippen molar-refractivity contribution in [2.24, 2.45) is 0 Å². The number of ketones is 1. The summed E-state index contributed by atoms with van der Waals surface area (Å²) in [6.07, 6.45) is 0.109. The molecule has 0 fully saturated rings. The van der Waals surface area contributed by atoms with Gasteiger partial charge in [-0.1, -0.05) is 25.1 Å². The minimum absolute atomic E-state index is 0.0227. The average molecular weight is 475 g/mol. The molecule has 0 unspecified atom stereocenters. The topological polar surface area (TPSA) is 125 Å². The summed E-state index contributed by atoms with van der Waals surface area (Å²) < 4.78 is 11.6. The molecule has 2 aliphatic rings. The maximum atomic E-state index is 13.1. The van der Waals surface area contributed by atoms with Crippen molar-refractivity contribution in [1.29, 1.82) is 0 Å². The molecule has 0 radical (unpaired) electrons. The van der Waals surface area contributed by atoms with Crippen LogP contribution in [0.5, 0.6) is 5.75 Å². The number of fused-ring (bicyclic) bond motifs is 3. The molecule has 9 heteroatoms. The first-order chi connectivity index (χ1) is 16.3. The van der Waals surface area contributed by atoms with Gasteiger partial charge in [0.05, 0.1) is 24.7 Å². The van der Waals surface area contributed by atoms with E-state index in [4.69, 9.17) is 14.6 Å². The Morgan fingerprint density at radius 2 is 1.97 bits per heavy atom. The molecule has 1 aliphatic carbocycles. The number of hydrogen-bond acceptors (Lipinski definition) is 7. The van der Waals surface area contributed by atoms with Gasteiger partial charge in [-0.3, -0.25) is 14.4 Å². The standard InChI is InChI=1S/C25H34N2O7/c1-4-19(29)25(32)27(11-7-13-33-15(2)3)18-14-17(24(31)26-10-12-28)21-16-8-5-6-9-20(16)34-23(21)22(18)30/h5-6,8-9,14-15,18,21-23,28,30H,4,7,10-13H2,1-3H3,(H,26,31)/t18-,21+,22+,23+/m1/s1. The van der Waals surface area contributed by atoms with Gasteiger partial charge >= 0.3 is 0 Å². The van der Waals surface area contributed by atoms with E-state index >= 15 is 0 Å². The number of ether oxygens (including phenoxy) is 2. The van der Waals surface area contributed by atoms with Gasteiger partial charge in [0.15, 0.2) is 0 Å². The Hall–Kier alpha value is -2.75. The summed E-state index contributed by atoms with van der Waals surface area (Å²) in [5, 5.41) is 23.2. The lowest BCUT2D eigenvalue weighted by molar-refractivity contribution is -0.148. The highest BCUT2D eigenvalue weighted by atomic mass is 16.5. The van der Waals surface area contributed by atoms with Gasteiger partial charge in [0.2, 0.25) is 11.7 Å². The fourth-order valence-corrected chi connectivity index (χ4v) is 4.44. The molecule has 3 N–H and O–H groups in total. The third-order valence-corrected chi connectivity index (χ3v) is 6.05. The minimum Gasteiger partial charge on any atom is -0.486 e. The van der Waals surface area contributed by atoms with Crippen LogP contribution >= 0.6 is 0 Å². The monoisotopic (exact) mass is 474 g/mol. The molecular weight excluding hydrogens is 440 g/mol. The Bertz CT molecular complexity index is 930. The Morgan fingerprint density at radius 1 is 1.24 bits per heavy atom. The molecule has 2 amide bonds. The lowest BCUT2D eigenvalue weighted by Gasteiger charge is -2.40. The largest absolute Gasteiger partial charge is 0.486 e. The van der Waals surface area contributed by atoms with Crippen molar-refractivity contribution in [3.05, 3.63) is 41.5 Å². The van der Waals surface area contributed by atoms with Crippen LogP contribution in [0.15, 0.2) is 35.9 Å². The quantitative estimate of drug-likeness (QED) is 0.322. The van der Waals surface area contributed by atoms with Crippen molar-refractivity contribution in [3.8, 4) is 5.75 Å². The van der Waals surface area contributed by atoms with Gasteiger partial charge in [-0.25, -0.2) is 0 Å². The molecule has 0 saturated heterocycles. The van der Waals surface area contributed by atoms with E-state index in [1.807, 2.05) is 26.0 Å². The summed E-state index contributed by atoms with van der Waals surface area (Å²) >= 11 is 0. The summed E-state index contributed by atoms with van der Waals surface area (Å²) in [7, 11) is 0. The van der Waals surface area contributed by atoms with Gasteiger partial charge in [0.1, 0.15) is 18.0 Å². The first-order valence-corrected chi connectivity index (χ1v) is 11.8. The Balaban J connectivity index is 1.98.